The molecule has 0 aliphatic heterocycles. The van der Waals surface area contributed by atoms with Crippen molar-refractivity contribution in [2.24, 2.45) is 4.99 Å². The smallest absolute Gasteiger partial charge is 0.252 e. The van der Waals surface area contributed by atoms with Crippen LogP contribution in [0.3, 0.4) is 0 Å². The van der Waals surface area contributed by atoms with Crippen molar-refractivity contribution in [2.75, 3.05) is 19.8 Å². The monoisotopic (exact) mass is 398 g/mol. The van der Waals surface area contributed by atoms with Crippen molar-refractivity contribution in [1.29, 1.82) is 0 Å². The molecule has 0 saturated heterocycles. The molecule has 3 rings (SSSR count). The molecule has 1 heterocycles. The molecule has 1 aromatic heterocycles. The molecular formula is C22H26N2O3S. The third-order valence-corrected chi connectivity index (χ3v) is 5.33. The topological polar surface area (TPSA) is 52.8 Å². The molecule has 6 heteroatoms. The highest BCUT2D eigenvalue weighted by atomic mass is 32.1. The maximum Gasteiger partial charge on any atom is 0.252 e. The van der Waals surface area contributed by atoms with Crippen LogP contribution in [0.5, 0.6) is 5.75 Å². The normalized spacial score (nSPS) is 11.9. The Bertz CT molecular complexity index is 1020. The zero-order valence-electron chi connectivity index (χ0n) is 16.6. The van der Waals surface area contributed by atoms with Gasteiger partial charge in [0.15, 0.2) is 4.80 Å². The van der Waals surface area contributed by atoms with Crippen LogP contribution in [0.1, 0.15) is 25.0 Å². The number of ether oxygens (including phenoxy) is 2. The van der Waals surface area contributed by atoms with Crippen LogP contribution in [0.4, 0.5) is 0 Å². The number of thiazole rings is 1. The Labute approximate surface area is 169 Å². The lowest BCUT2D eigenvalue weighted by Crippen LogP contribution is -2.20. The van der Waals surface area contributed by atoms with Crippen LogP contribution < -0.4 is 9.54 Å². The maximum absolute atomic E-state index is 12.6. The number of carbonyl (C=O) groups is 1. The molecule has 0 atom stereocenters. The molecule has 3 aromatic rings. The fourth-order valence-corrected chi connectivity index (χ4v) is 4.16. The van der Waals surface area contributed by atoms with Gasteiger partial charge in [-0.25, -0.2) is 0 Å². The highest BCUT2D eigenvalue weighted by molar-refractivity contribution is 7.16. The second kappa shape index (κ2) is 9.66. The lowest BCUT2D eigenvalue weighted by atomic mass is 10.1. The molecule has 0 aliphatic rings. The van der Waals surface area contributed by atoms with E-state index in [1.54, 1.807) is 0 Å². The Hall–Kier alpha value is -2.44. The van der Waals surface area contributed by atoms with Gasteiger partial charge in [-0.3, -0.25) is 4.79 Å². The number of aromatic nitrogens is 1. The molecule has 0 spiro atoms. The number of fused-ring (bicyclic) bond motifs is 1. The molecule has 5 nitrogen and oxygen atoms in total. The SMILES string of the molecule is CCOCCn1c(=NC(=O)Cc2cccc(C)c2)sc2cc(OCC)ccc21. The van der Waals surface area contributed by atoms with Crippen LogP contribution in [0, 0.1) is 6.92 Å². The van der Waals surface area contributed by atoms with Crippen molar-refractivity contribution in [3.05, 3.63) is 58.4 Å². The summed E-state index contributed by atoms with van der Waals surface area (Å²) in [6.45, 7) is 8.47. The lowest BCUT2D eigenvalue weighted by Gasteiger charge is -2.06. The molecule has 0 aliphatic carbocycles. The first-order valence-corrected chi connectivity index (χ1v) is 10.4. The molecule has 1 amide bonds. The Kier molecular flexibility index (Phi) is 7.01. The zero-order valence-corrected chi connectivity index (χ0v) is 17.4. The molecule has 0 bridgehead atoms. The standard InChI is InChI=1S/C22H26N2O3S/c1-4-26-12-11-24-19-10-9-18(27-5-2)15-20(19)28-22(24)23-21(25)14-17-8-6-7-16(3)13-17/h6-10,13,15H,4-5,11-12,14H2,1-3H3. The van der Waals surface area contributed by atoms with Crippen molar-refractivity contribution in [3.8, 4) is 5.75 Å². The first-order valence-electron chi connectivity index (χ1n) is 9.57. The summed E-state index contributed by atoms with van der Waals surface area (Å²) in [5, 5.41) is 0. The van der Waals surface area contributed by atoms with Gasteiger partial charge in [0.1, 0.15) is 5.75 Å². The van der Waals surface area contributed by atoms with Gasteiger partial charge < -0.3 is 14.0 Å². The first kappa shape index (κ1) is 20.3. The Balaban J connectivity index is 1.95. The minimum absolute atomic E-state index is 0.146. The van der Waals surface area contributed by atoms with Gasteiger partial charge in [-0.05, 0) is 44.5 Å². The second-order valence-corrected chi connectivity index (χ2v) is 7.48. The van der Waals surface area contributed by atoms with Crippen LogP contribution in [0.25, 0.3) is 10.2 Å². The van der Waals surface area contributed by atoms with Gasteiger partial charge in [0.05, 0.1) is 29.9 Å². The van der Waals surface area contributed by atoms with E-state index in [1.165, 1.54) is 11.3 Å². The second-order valence-electron chi connectivity index (χ2n) is 6.47. The summed E-state index contributed by atoms with van der Waals surface area (Å²) in [6.07, 6.45) is 0.297. The molecule has 0 N–H and O–H groups in total. The number of rotatable bonds is 8. The van der Waals surface area contributed by atoms with E-state index in [4.69, 9.17) is 9.47 Å². The van der Waals surface area contributed by atoms with Crippen molar-refractivity contribution >= 4 is 27.5 Å². The molecule has 0 unspecified atom stereocenters. The Morgan fingerprint density at radius 1 is 1.14 bits per heavy atom. The Morgan fingerprint density at radius 3 is 2.75 bits per heavy atom. The van der Waals surface area contributed by atoms with E-state index in [1.807, 2.05) is 63.2 Å². The minimum Gasteiger partial charge on any atom is -0.494 e. The molecule has 28 heavy (non-hydrogen) atoms. The van der Waals surface area contributed by atoms with E-state index in [-0.39, 0.29) is 5.91 Å². The van der Waals surface area contributed by atoms with Crippen LogP contribution in [0.2, 0.25) is 0 Å². The summed E-state index contributed by atoms with van der Waals surface area (Å²) in [6, 6.07) is 14.0. The third kappa shape index (κ3) is 5.09. The molecule has 148 valence electrons. The van der Waals surface area contributed by atoms with E-state index >= 15 is 0 Å². The van der Waals surface area contributed by atoms with Gasteiger partial charge in [-0.2, -0.15) is 4.99 Å². The first-order chi connectivity index (χ1) is 13.6. The summed E-state index contributed by atoms with van der Waals surface area (Å²) in [4.78, 5) is 17.7. The molecule has 2 aromatic carbocycles. The van der Waals surface area contributed by atoms with E-state index in [0.29, 0.717) is 37.6 Å². The predicted molar refractivity (Wildman–Crippen MR) is 113 cm³/mol. The van der Waals surface area contributed by atoms with Gasteiger partial charge in [0, 0.05) is 13.2 Å². The summed E-state index contributed by atoms with van der Waals surface area (Å²) in [5.74, 6) is 0.679. The van der Waals surface area contributed by atoms with Gasteiger partial charge in [0.25, 0.3) is 5.91 Å². The fourth-order valence-electron chi connectivity index (χ4n) is 3.05. The van der Waals surface area contributed by atoms with Gasteiger partial charge in [-0.1, -0.05) is 41.2 Å². The zero-order chi connectivity index (χ0) is 19.9. The van der Waals surface area contributed by atoms with Gasteiger partial charge in [0.2, 0.25) is 0 Å². The average molecular weight is 399 g/mol. The predicted octanol–water partition coefficient (Wildman–Crippen LogP) is 4.12. The van der Waals surface area contributed by atoms with Crippen molar-refractivity contribution in [3.63, 3.8) is 0 Å². The van der Waals surface area contributed by atoms with E-state index in [9.17, 15) is 4.79 Å². The van der Waals surface area contributed by atoms with Crippen LogP contribution in [0.15, 0.2) is 47.5 Å². The summed E-state index contributed by atoms with van der Waals surface area (Å²) in [7, 11) is 0. The van der Waals surface area contributed by atoms with E-state index < -0.39 is 0 Å². The van der Waals surface area contributed by atoms with Crippen molar-refractivity contribution in [2.45, 2.75) is 33.7 Å². The third-order valence-electron chi connectivity index (χ3n) is 4.29. The molecular weight excluding hydrogens is 372 g/mol. The molecule has 0 fully saturated rings. The largest absolute Gasteiger partial charge is 0.494 e. The fraction of sp³-hybridized carbons (Fsp3) is 0.364. The number of hydrogen-bond acceptors (Lipinski definition) is 4. The summed E-state index contributed by atoms with van der Waals surface area (Å²) < 4.78 is 14.2. The summed E-state index contributed by atoms with van der Waals surface area (Å²) >= 11 is 1.50. The number of aryl methyl sites for hydroxylation is 1. The number of carbonyl (C=O) groups excluding carboxylic acids is 1. The average Bonchev–Trinajstić information content (AvgIpc) is 2.98. The molecule has 0 radical (unpaired) electrons. The van der Waals surface area contributed by atoms with Gasteiger partial charge in [-0.15, -0.1) is 0 Å². The summed E-state index contributed by atoms with van der Waals surface area (Å²) in [5.41, 5.74) is 3.16. The van der Waals surface area contributed by atoms with Crippen LogP contribution in [-0.2, 0) is 22.5 Å². The Morgan fingerprint density at radius 2 is 2.00 bits per heavy atom. The van der Waals surface area contributed by atoms with Crippen LogP contribution >= 0.6 is 11.3 Å². The minimum atomic E-state index is -0.146. The van der Waals surface area contributed by atoms with Crippen LogP contribution in [-0.4, -0.2) is 30.3 Å². The number of hydrogen-bond donors (Lipinski definition) is 0. The number of nitrogens with zero attached hydrogens (tertiary/aromatic N) is 2. The highest BCUT2D eigenvalue weighted by Gasteiger charge is 2.10. The molecule has 0 saturated carbocycles. The lowest BCUT2D eigenvalue weighted by molar-refractivity contribution is -0.117. The van der Waals surface area contributed by atoms with Crippen molar-refractivity contribution < 1.29 is 14.3 Å². The number of benzene rings is 2. The maximum atomic E-state index is 12.6. The number of amides is 1. The van der Waals surface area contributed by atoms with Gasteiger partial charge >= 0.3 is 0 Å². The quantitative estimate of drug-likeness (QED) is 0.537. The van der Waals surface area contributed by atoms with E-state index in [0.717, 1.165) is 27.1 Å². The highest BCUT2D eigenvalue weighted by Crippen LogP contribution is 2.23. The van der Waals surface area contributed by atoms with Crippen molar-refractivity contribution in [1.82, 2.24) is 4.57 Å². The van der Waals surface area contributed by atoms with E-state index in [2.05, 4.69) is 9.56 Å².